The Morgan fingerprint density at radius 1 is 1.29 bits per heavy atom. The molecule has 0 aromatic carbocycles. The lowest BCUT2D eigenvalue weighted by molar-refractivity contribution is -0.152. The number of likely N-dealkylation sites (tertiary alicyclic amines) is 1. The van der Waals surface area contributed by atoms with Crippen molar-refractivity contribution in [1.82, 2.24) is 4.90 Å². The predicted molar refractivity (Wildman–Crippen MR) is 74.3 cm³/mol. The summed E-state index contributed by atoms with van der Waals surface area (Å²) in [5.74, 6) is -2.70. The molecule has 3 atom stereocenters. The van der Waals surface area contributed by atoms with E-state index in [1.54, 1.807) is 25.7 Å². The van der Waals surface area contributed by atoms with Crippen LogP contribution in [-0.4, -0.2) is 47.5 Å². The van der Waals surface area contributed by atoms with Gasteiger partial charge in [-0.1, -0.05) is 13.8 Å². The van der Waals surface area contributed by atoms with E-state index in [0.717, 1.165) is 12.8 Å². The van der Waals surface area contributed by atoms with Crippen molar-refractivity contribution in [3.05, 3.63) is 0 Å². The fraction of sp³-hybridized carbons (Fsp3) is 0.800. The van der Waals surface area contributed by atoms with Crippen LogP contribution in [-0.2, 0) is 19.1 Å². The molecule has 2 rings (SSSR count). The minimum absolute atomic E-state index is 0.138. The number of aliphatic carboxylic acids is 1. The largest absolute Gasteiger partial charge is 0.481 e. The standard InChI is InChI=1S/C15H23NO5/c1-4-21-14(20)9-6-5-7-16(8-9)12(17)10-11(13(18)19)15(10,2)3/h9-11H,4-8H2,1-3H3,(H,18,19)/t9?,10-,11+/m0/s1. The molecule has 6 nitrogen and oxygen atoms in total. The van der Waals surface area contributed by atoms with E-state index >= 15 is 0 Å². The quantitative estimate of drug-likeness (QED) is 0.787. The first-order valence-corrected chi connectivity index (χ1v) is 7.49. The zero-order valence-electron chi connectivity index (χ0n) is 12.8. The lowest BCUT2D eigenvalue weighted by Crippen LogP contribution is -2.44. The van der Waals surface area contributed by atoms with Crippen LogP contribution in [0.4, 0.5) is 0 Å². The van der Waals surface area contributed by atoms with Gasteiger partial charge in [-0.3, -0.25) is 14.4 Å². The zero-order chi connectivity index (χ0) is 15.8. The minimum atomic E-state index is -0.919. The van der Waals surface area contributed by atoms with Crippen LogP contribution in [0.2, 0.25) is 0 Å². The number of nitrogens with zero attached hydrogens (tertiary/aromatic N) is 1. The molecule has 6 heteroatoms. The first-order valence-electron chi connectivity index (χ1n) is 7.49. The Morgan fingerprint density at radius 3 is 2.48 bits per heavy atom. The highest BCUT2D eigenvalue weighted by molar-refractivity contribution is 5.92. The van der Waals surface area contributed by atoms with Gasteiger partial charge in [0, 0.05) is 13.1 Å². The molecule has 0 aromatic heterocycles. The van der Waals surface area contributed by atoms with Crippen LogP contribution >= 0.6 is 0 Å². The predicted octanol–water partition coefficient (Wildman–Crippen LogP) is 1.14. The van der Waals surface area contributed by atoms with Gasteiger partial charge in [-0.2, -0.15) is 0 Å². The molecule has 0 aromatic rings. The van der Waals surface area contributed by atoms with Gasteiger partial charge in [-0.05, 0) is 25.2 Å². The van der Waals surface area contributed by atoms with Crippen LogP contribution in [0.5, 0.6) is 0 Å². The van der Waals surface area contributed by atoms with Gasteiger partial charge in [0.15, 0.2) is 0 Å². The molecular weight excluding hydrogens is 274 g/mol. The Kier molecular flexibility index (Phi) is 4.25. The lowest BCUT2D eigenvalue weighted by Gasteiger charge is -2.32. The molecule has 2 fully saturated rings. The van der Waals surface area contributed by atoms with Gasteiger partial charge < -0.3 is 14.7 Å². The van der Waals surface area contributed by atoms with Crippen LogP contribution in [0.25, 0.3) is 0 Å². The summed E-state index contributed by atoms with van der Waals surface area (Å²) in [4.78, 5) is 37.2. The third-order valence-corrected chi connectivity index (χ3v) is 4.71. The summed E-state index contributed by atoms with van der Waals surface area (Å²) in [6.45, 7) is 6.64. The second-order valence-corrected chi connectivity index (χ2v) is 6.49. The van der Waals surface area contributed by atoms with Gasteiger partial charge in [0.05, 0.1) is 24.4 Å². The maximum Gasteiger partial charge on any atom is 0.310 e. The Balaban J connectivity index is 2.00. The average molecular weight is 297 g/mol. The van der Waals surface area contributed by atoms with Crippen molar-refractivity contribution in [1.29, 1.82) is 0 Å². The lowest BCUT2D eigenvalue weighted by atomic mass is 9.97. The van der Waals surface area contributed by atoms with Crippen LogP contribution in [0, 0.1) is 23.2 Å². The molecule has 0 bridgehead atoms. The van der Waals surface area contributed by atoms with Crippen LogP contribution < -0.4 is 0 Å². The first-order chi connectivity index (χ1) is 9.80. The van der Waals surface area contributed by atoms with E-state index in [9.17, 15) is 19.5 Å². The maximum atomic E-state index is 12.5. The van der Waals surface area contributed by atoms with Crippen molar-refractivity contribution >= 4 is 17.8 Å². The Bertz CT molecular complexity index is 459. The summed E-state index contributed by atoms with van der Waals surface area (Å²) in [7, 11) is 0. The van der Waals surface area contributed by atoms with E-state index in [1.807, 2.05) is 0 Å². The van der Waals surface area contributed by atoms with Crippen molar-refractivity contribution in [3.63, 3.8) is 0 Å². The molecule has 1 aliphatic heterocycles. The third kappa shape index (κ3) is 2.89. The normalized spacial score (nSPS) is 30.6. The van der Waals surface area contributed by atoms with Gasteiger partial charge >= 0.3 is 11.9 Å². The molecule has 1 saturated heterocycles. The smallest absolute Gasteiger partial charge is 0.310 e. The second kappa shape index (κ2) is 5.66. The summed E-state index contributed by atoms with van der Waals surface area (Å²) in [6.07, 6.45) is 1.47. The van der Waals surface area contributed by atoms with Gasteiger partial charge in [0.25, 0.3) is 0 Å². The van der Waals surface area contributed by atoms with E-state index in [1.165, 1.54) is 0 Å². The Morgan fingerprint density at radius 2 is 1.95 bits per heavy atom. The SMILES string of the molecule is CCOC(=O)C1CCCN(C(=O)[C@@H]2[C@H](C(=O)O)C2(C)C)C1. The number of hydrogen-bond acceptors (Lipinski definition) is 4. The fourth-order valence-corrected chi connectivity index (χ4v) is 3.39. The van der Waals surface area contributed by atoms with Gasteiger partial charge in [0.2, 0.25) is 5.91 Å². The van der Waals surface area contributed by atoms with E-state index in [2.05, 4.69) is 0 Å². The number of carboxylic acid groups (broad SMARTS) is 1. The highest BCUT2D eigenvalue weighted by Crippen LogP contribution is 2.59. The third-order valence-electron chi connectivity index (χ3n) is 4.71. The summed E-state index contributed by atoms with van der Waals surface area (Å²) in [5.41, 5.74) is -0.500. The molecule has 1 saturated carbocycles. The van der Waals surface area contributed by atoms with E-state index in [-0.39, 0.29) is 17.8 Å². The molecule has 1 amide bonds. The number of amides is 1. The van der Waals surface area contributed by atoms with Crippen LogP contribution in [0.15, 0.2) is 0 Å². The first kappa shape index (κ1) is 15.8. The number of esters is 1. The minimum Gasteiger partial charge on any atom is -0.481 e. The van der Waals surface area contributed by atoms with Gasteiger partial charge in [0.1, 0.15) is 0 Å². The van der Waals surface area contributed by atoms with Crippen molar-refractivity contribution in [2.75, 3.05) is 19.7 Å². The zero-order valence-corrected chi connectivity index (χ0v) is 12.8. The van der Waals surface area contributed by atoms with Crippen molar-refractivity contribution in [2.45, 2.75) is 33.6 Å². The molecule has 1 unspecified atom stereocenters. The van der Waals surface area contributed by atoms with E-state index < -0.39 is 23.2 Å². The Hall–Kier alpha value is -1.59. The summed E-state index contributed by atoms with van der Waals surface area (Å²) in [5, 5.41) is 9.17. The molecule has 1 N–H and O–H groups in total. The summed E-state index contributed by atoms with van der Waals surface area (Å²) in [6, 6.07) is 0. The number of carboxylic acids is 1. The van der Waals surface area contributed by atoms with E-state index in [0.29, 0.717) is 19.7 Å². The second-order valence-electron chi connectivity index (χ2n) is 6.49. The molecule has 0 radical (unpaired) electrons. The molecular formula is C15H23NO5. The number of carbonyl (C=O) groups is 3. The summed E-state index contributed by atoms with van der Waals surface area (Å²) < 4.78 is 5.01. The molecule has 2 aliphatic rings. The van der Waals surface area contributed by atoms with Crippen LogP contribution in [0.3, 0.4) is 0 Å². The van der Waals surface area contributed by atoms with Crippen molar-refractivity contribution < 1.29 is 24.2 Å². The van der Waals surface area contributed by atoms with Crippen molar-refractivity contribution in [3.8, 4) is 0 Å². The molecule has 21 heavy (non-hydrogen) atoms. The highest BCUT2D eigenvalue weighted by atomic mass is 16.5. The molecule has 1 aliphatic carbocycles. The molecule has 118 valence electrons. The molecule has 0 spiro atoms. The molecule has 1 heterocycles. The number of hydrogen-bond donors (Lipinski definition) is 1. The highest BCUT2D eigenvalue weighted by Gasteiger charge is 2.66. The number of carbonyl (C=O) groups excluding carboxylic acids is 2. The topological polar surface area (TPSA) is 83.9 Å². The van der Waals surface area contributed by atoms with Crippen molar-refractivity contribution in [2.24, 2.45) is 23.2 Å². The van der Waals surface area contributed by atoms with Gasteiger partial charge in [-0.25, -0.2) is 0 Å². The maximum absolute atomic E-state index is 12.5. The number of rotatable bonds is 4. The number of piperidine rings is 1. The fourth-order valence-electron chi connectivity index (χ4n) is 3.39. The monoisotopic (exact) mass is 297 g/mol. The Labute approximate surface area is 124 Å². The summed E-state index contributed by atoms with van der Waals surface area (Å²) >= 11 is 0. The van der Waals surface area contributed by atoms with Crippen LogP contribution in [0.1, 0.15) is 33.6 Å². The number of ether oxygens (including phenoxy) is 1. The average Bonchev–Trinajstić information content (AvgIpc) is 3.01. The van der Waals surface area contributed by atoms with E-state index in [4.69, 9.17) is 4.74 Å². The van der Waals surface area contributed by atoms with Gasteiger partial charge in [-0.15, -0.1) is 0 Å².